The molecule has 0 aliphatic carbocycles. The lowest BCUT2D eigenvalue weighted by Gasteiger charge is -2.07. The maximum absolute atomic E-state index is 12.4. The lowest BCUT2D eigenvalue weighted by molar-refractivity contribution is -0.137. The number of amides is 1. The third-order valence-corrected chi connectivity index (χ3v) is 3.15. The molecule has 6 heteroatoms. The van der Waals surface area contributed by atoms with Gasteiger partial charge in [-0.3, -0.25) is 4.79 Å². The molecule has 0 fully saturated rings. The van der Waals surface area contributed by atoms with Crippen molar-refractivity contribution in [3.05, 3.63) is 58.3 Å². The van der Waals surface area contributed by atoms with E-state index in [2.05, 4.69) is 5.32 Å². The Labute approximate surface area is 117 Å². The molecule has 104 valence electrons. The molecule has 1 amide bonds. The predicted molar refractivity (Wildman–Crippen MR) is 73.4 cm³/mol. The van der Waals surface area contributed by atoms with Crippen LogP contribution in [0.2, 0.25) is 0 Å². The number of carbonyl (C=O) groups is 1. The van der Waals surface area contributed by atoms with Crippen molar-refractivity contribution in [3.8, 4) is 0 Å². The van der Waals surface area contributed by atoms with Gasteiger partial charge in [0, 0.05) is 11.8 Å². The number of alkyl halides is 3. The van der Waals surface area contributed by atoms with Crippen LogP contribution in [0.5, 0.6) is 0 Å². The topological polar surface area (TPSA) is 29.1 Å². The molecule has 0 saturated heterocycles. The van der Waals surface area contributed by atoms with Crippen molar-refractivity contribution in [1.29, 1.82) is 0 Å². The van der Waals surface area contributed by atoms with E-state index in [1.807, 2.05) is 16.8 Å². The van der Waals surface area contributed by atoms with E-state index >= 15 is 0 Å². The van der Waals surface area contributed by atoms with Crippen molar-refractivity contribution >= 4 is 29.0 Å². The molecule has 1 aromatic carbocycles. The first-order valence-corrected chi connectivity index (χ1v) is 6.58. The number of nitrogens with one attached hydrogen (secondary N) is 1. The van der Waals surface area contributed by atoms with Crippen LogP contribution < -0.4 is 5.32 Å². The Morgan fingerprint density at radius 3 is 2.40 bits per heavy atom. The van der Waals surface area contributed by atoms with Crippen LogP contribution in [0.4, 0.5) is 18.9 Å². The van der Waals surface area contributed by atoms with Gasteiger partial charge in [0.2, 0.25) is 5.91 Å². The van der Waals surface area contributed by atoms with Gasteiger partial charge in [-0.1, -0.05) is 0 Å². The first-order valence-electron chi connectivity index (χ1n) is 5.64. The normalized spacial score (nSPS) is 11.8. The fourth-order valence-corrected chi connectivity index (χ4v) is 2.10. The summed E-state index contributed by atoms with van der Waals surface area (Å²) >= 11 is 1.51. The van der Waals surface area contributed by atoms with Crippen LogP contribution in [0.25, 0.3) is 6.08 Å². The monoisotopic (exact) mass is 297 g/mol. The maximum atomic E-state index is 12.4. The van der Waals surface area contributed by atoms with Crippen molar-refractivity contribution in [1.82, 2.24) is 0 Å². The molecule has 0 spiro atoms. The van der Waals surface area contributed by atoms with Gasteiger partial charge in [0.1, 0.15) is 0 Å². The molecular weight excluding hydrogens is 287 g/mol. The largest absolute Gasteiger partial charge is 0.416 e. The Morgan fingerprint density at radius 2 is 1.85 bits per heavy atom. The zero-order valence-electron chi connectivity index (χ0n) is 10.1. The van der Waals surface area contributed by atoms with Crippen LogP contribution in [0.3, 0.4) is 0 Å². The van der Waals surface area contributed by atoms with E-state index in [-0.39, 0.29) is 0 Å². The summed E-state index contributed by atoms with van der Waals surface area (Å²) < 4.78 is 37.1. The van der Waals surface area contributed by atoms with Crippen molar-refractivity contribution in [2.45, 2.75) is 6.18 Å². The molecule has 0 aliphatic rings. The van der Waals surface area contributed by atoms with E-state index < -0.39 is 17.6 Å². The summed E-state index contributed by atoms with van der Waals surface area (Å²) in [5.74, 6) is -0.393. The zero-order chi connectivity index (χ0) is 14.6. The van der Waals surface area contributed by atoms with Gasteiger partial charge in [-0.2, -0.15) is 24.5 Å². The molecule has 0 atom stereocenters. The number of benzene rings is 1. The minimum atomic E-state index is -4.37. The van der Waals surface area contributed by atoms with Crippen LogP contribution >= 0.6 is 11.3 Å². The average molecular weight is 297 g/mol. The third kappa shape index (κ3) is 3.96. The van der Waals surface area contributed by atoms with Gasteiger partial charge in [0.05, 0.1) is 5.56 Å². The van der Waals surface area contributed by atoms with Gasteiger partial charge in [-0.25, -0.2) is 0 Å². The van der Waals surface area contributed by atoms with E-state index in [4.69, 9.17) is 0 Å². The molecule has 0 bridgehead atoms. The number of rotatable bonds is 3. The number of thiophene rings is 1. The van der Waals surface area contributed by atoms with Crippen LogP contribution in [-0.4, -0.2) is 5.91 Å². The first-order chi connectivity index (χ1) is 9.45. The molecule has 0 radical (unpaired) electrons. The van der Waals surface area contributed by atoms with Crippen LogP contribution in [0.1, 0.15) is 11.1 Å². The van der Waals surface area contributed by atoms with Crippen molar-refractivity contribution < 1.29 is 18.0 Å². The average Bonchev–Trinajstić information content (AvgIpc) is 2.89. The zero-order valence-corrected chi connectivity index (χ0v) is 11.0. The fourth-order valence-electron chi connectivity index (χ4n) is 1.47. The van der Waals surface area contributed by atoms with Gasteiger partial charge >= 0.3 is 6.18 Å². The molecule has 1 heterocycles. The van der Waals surface area contributed by atoms with Crippen LogP contribution in [0.15, 0.2) is 47.2 Å². The minimum absolute atomic E-state index is 0.318. The molecule has 2 aromatic rings. The Kier molecular flexibility index (Phi) is 4.24. The molecule has 2 nitrogen and oxygen atoms in total. The van der Waals surface area contributed by atoms with Crippen molar-refractivity contribution in [3.63, 3.8) is 0 Å². The summed E-state index contributed by atoms with van der Waals surface area (Å²) in [6, 6.07) is 6.15. The third-order valence-electron chi connectivity index (χ3n) is 2.45. The predicted octanol–water partition coefficient (Wildman–Crippen LogP) is 4.42. The van der Waals surface area contributed by atoms with Gasteiger partial charge in [0.15, 0.2) is 0 Å². The summed E-state index contributed by atoms with van der Waals surface area (Å²) in [6.07, 6.45) is -1.41. The summed E-state index contributed by atoms with van der Waals surface area (Å²) in [7, 11) is 0. The number of hydrogen-bond acceptors (Lipinski definition) is 2. The lowest BCUT2D eigenvalue weighted by Crippen LogP contribution is -2.09. The van der Waals surface area contributed by atoms with E-state index in [9.17, 15) is 18.0 Å². The molecule has 20 heavy (non-hydrogen) atoms. The van der Waals surface area contributed by atoms with Crippen LogP contribution in [0, 0.1) is 0 Å². The van der Waals surface area contributed by atoms with Gasteiger partial charge < -0.3 is 5.32 Å². The van der Waals surface area contributed by atoms with Crippen molar-refractivity contribution in [2.75, 3.05) is 5.32 Å². The van der Waals surface area contributed by atoms with E-state index in [1.165, 1.54) is 29.5 Å². The molecule has 0 aliphatic heterocycles. The summed E-state index contributed by atoms with van der Waals surface area (Å²) in [6.45, 7) is 0. The van der Waals surface area contributed by atoms with E-state index in [0.29, 0.717) is 5.69 Å². The number of hydrogen-bond donors (Lipinski definition) is 1. The number of anilines is 1. The van der Waals surface area contributed by atoms with E-state index in [0.717, 1.165) is 17.7 Å². The Bertz CT molecular complexity index is 600. The Hall–Kier alpha value is -2.08. The molecule has 1 N–H and O–H groups in total. The SMILES string of the molecule is O=C(/C=C\c1ccsc1)Nc1ccc(C(F)(F)F)cc1. The van der Waals surface area contributed by atoms with Gasteiger partial charge in [-0.15, -0.1) is 0 Å². The van der Waals surface area contributed by atoms with Crippen LogP contribution in [-0.2, 0) is 11.0 Å². The van der Waals surface area contributed by atoms with Crippen molar-refractivity contribution in [2.24, 2.45) is 0 Å². The summed E-state index contributed by atoms with van der Waals surface area (Å²) in [4.78, 5) is 11.6. The molecule has 2 rings (SSSR count). The number of halogens is 3. The second-order valence-corrected chi connectivity index (χ2v) is 4.73. The quantitative estimate of drug-likeness (QED) is 0.835. The Morgan fingerprint density at radius 1 is 1.15 bits per heavy atom. The summed E-state index contributed by atoms with van der Waals surface area (Å²) in [5, 5.41) is 6.25. The maximum Gasteiger partial charge on any atom is 0.416 e. The Balaban J connectivity index is 1.98. The highest BCUT2D eigenvalue weighted by atomic mass is 32.1. The lowest BCUT2D eigenvalue weighted by atomic mass is 10.2. The second-order valence-electron chi connectivity index (χ2n) is 3.95. The second kappa shape index (κ2) is 5.92. The molecule has 0 unspecified atom stereocenters. The molecule has 1 aromatic heterocycles. The standard InChI is InChI=1S/C14H10F3NOS/c15-14(16,17)11-2-4-12(5-3-11)18-13(19)6-1-10-7-8-20-9-10/h1-9H,(H,18,19)/b6-1-. The van der Waals surface area contributed by atoms with E-state index in [1.54, 1.807) is 6.08 Å². The minimum Gasteiger partial charge on any atom is -0.323 e. The van der Waals surface area contributed by atoms with Gasteiger partial charge in [-0.05, 0) is 52.7 Å². The highest BCUT2D eigenvalue weighted by molar-refractivity contribution is 7.08. The first kappa shape index (κ1) is 14.3. The highest BCUT2D eigenvalue weighted by Gasteiger charge is 2.29. The number of carbonyl (C=O) groups excluding carboxylic acids is 1. The summed E-state index contributed by atoms with van der Waals surface area (Å²) in [5.41, 5.74) is 0.472. The molecule has 0 saturated carbocycles. The highest BCUT2D eigenvalue weighted by Crippen LogP contribution is 2.29. The van der Waals surface area contributed by atoms with Gasteiger partial charge in [0.25, 0.3) is 0 Å². The fraction of sp³-hybridized carbons (Fsp3) is 0.0714. The molecular formula is C14H10F3NOS. The smallest absolute Gasteiger partial charge is 0.323 e.